The van der Waals surface area contributed by atoms with Crippen LogP contribution < -0.4 is 10.6 Å². The summed E-state index contributed by atoms with van der Waals surface area (Å²) < 4.78 is 54.9. The summed E-state index contributed by atoms with van der Waals surface area (Å²) in [6, 6.07) is 8.24. The molecule has 1 aliphatic carbocycles. The van der Waals surface area contributed by atoms with Gasteiger partial charge in [0.2, 0.25) is 6.43 Å². The van der Waals surface area contributed by atoms with E-state index in [1.54, 1.807) is 18.2 Å². The van der Waals surface area contributed by atoms with E-state index in [4.69, 9.17) is 0 Å². The first kappa shape index (κ1) is 28.9. The van der Waals surface area contributed by atoms with Crippen LogP contribution >= 0.6 is 0 Å². The Morgan fingerprint density at radius 3 is 2.11 bits per heavy atom. The molecular formula is C28H36F4N2O3. The predicted octanol–water partition coefficient (Wildman–Crippen LogP) is 5.74. The van der Waals surface area contributed by atoms with Gasteiger partial charge >= 0.3 is 6.09 Å². The van der Waals surface area contributed by atoms with Gasteiger partial charge < -0.3 is 20.8 Å². The molecule has 0 aromatic heterocycles. The molecule has 0 radical (unpaired) electrons. The molecule has 1 amide bonds. The summed E-state index contributed by atoms with van der Waals surface area (Å²) in [5.74, 6) is -1.60. The van der Waals surface area contributed by atoms with Crippen molar-refractivity contribution in [2.75, 3.05) is 0 Å². The second kappa shape index (κ2) is 10.6. The van der Waals surface area contributed by atoms with Gasteiger partial charge in [-0.3, -0.25) is 0 Å². The molecule has 3 atom stereocenters. The lowest BCUT2D eigenvalue weighted by atomic mass is 9.78. The molecule has 0 aliphatic heterocycles. The fourth-order valence-corrected chi connectivity index (χ4v) is 4.73. The fraction of sp³-hybridized carbons (Fsp3) is 0.536. The third kappa shape index (κ3) is 6.82. The Hall–Kier alpha value is -2.65. The van der Waals surface area contributed by atoms with Gasteiger partial charge in [0.05, 0.1) is 17.6 Å². The first-order valence-electron chi connectivity index (χ1n) is 12.3. The first-order valence-corrected chi connectivity index (χ1v) is 12.3. The Kier molecular flexibility index (Phi) is 8.29. The monoisotopic (exact) mass is 524 g/mol. The van der Waals surface area contributed by atoms with Crippen molar-refractivity contribution in [3.63, 3.8) is 0 Å². The minimum atomic E-state index is -2.55. The zero-order chi connectivity index (χ0) is 27.8. The van der Waals surface area contributed by atoms with Gasteiger partial charge in [0, 0.05) is 17.6 Å². The highest BCUT2D eigenvalue weighted by Crippen LogP contribution is 2.48. The average molecular weight is 525 g/mol. The average Bonchev–Trinajstić information content (AvgIpc) is 3.56. The van der Waals surface area contributed by atoms with Crippen LogP contribution in [-0.4, -0.2) is 40.9 Å². The minimum Gasteiger partial charge on any atom is -0.465 e. The van der Waals surface area contributed by atoms with Crippen LogP contribution in [0, 0.1) is 17.0 Å². The van der Waals surface area contributed by atoms with Crippen LogP contribution in [0.3, 0.4) is 0 Å². The molecule has 2 aromatic rings. The van der Waals surface area contributed by atoms with E-state index in [1.807, 2.05) is 26.8 Å². The third-order valence-corrected chi connectivity index (χ3v) is 7.26. The molecule has 5 nitrogen and oxygen atoms in total. The van der Waals surface area contributed by atoms with Gasteiger partial charge in [-0.25, -0.2) is 22.4 Å². The normalized spacial score (nSPS) is 17.8. The number of aliphatic hydroxyl groups is 1. The van der Waals surface area contributed by atoms with Crippen LogP contribution in [0.25, 0.3) is 0 Å². The number of amides is 1. The number of hydrogen-bond donors (Lipinski definition) is 4. The van der Waals surface area contributed by atoms with Gasteiger partial charge in [0.15, 0.2) is 0 Å². The molecule has 0 spiro atoms. The van der Waals surface area contributed by atoms with Crippen molar-refractivity contribution in [3.05, 3.63) is 70.8 Å². The lowest BCUT2D eigenvalue weighted by Crippen LogP contribution is -2.60. The second-order valence-corrected chi connectivity index (χ2v) is 11.7. The number of rotatable bonds is 10. The Bertz CT molecular complexity index is 1090. The van der Waals surface area contributed by atoms with Crippen molar-refractivity contribution in [1.29, 1.82) is 0 Å². The first-order chi connectivity index (χ1) is 17.0. The van der Waals surface area contributed by atoms with Gasteiger partial charge in [-0.1, -0.05) is 58.9 Å². The van der Waals surface area contributed by atoms with E-state index in [9.17, 15) is 32.6 Å². The standard InChI is InChI=1S/C28H36F4N2O3/c1-26(2,3)23(22(35)21(33-25(36)37)13-16-11-19(29)15-20(30)12-16)34-28(9-10-28)18-8-6-7-17(14-18)27(4,5)24(31)32/h6-8,11-12,14-15,21-24,33-35H,9-10,13H2,1-5H3,(H,36,37). The van der Waals surface area contributed by atoms with Gasteiger partial charge in [-0.15, -0.1) is 0 Å². The van der Waals surface area contributed by atoms with E-state index in [0.29, 0.717) is 18.4 Å². The zero-order valence-electron chi connectivity index (χ0n) is 21.8. The summed E-state index contributed by atoms with van der Waals surface area (Å²) in [6.45, 7) is 8.64. The van der Waals surface area contributed by atoms with Gasteiger partial charge in [-0.2, -0.15) is 0 Å². The number of carboxylic acid groups (broad SMARTS) is 1. The maximum absolute atomic E-state index is 13.8. The zero-order valence-corrected chi connectivity index (χ0v) is 21.8. The molecule has 37 heavy (non-hydrogen) atoms. The van der Waals surface area contributed by atoms with E-state index >= 15 is 0 Å². The summed E-state index contributed by atoms with van der Waals surface area (Å²) in [5, 5.41) is 26.7. The molecular weight excluding hydrogens is 488 g/mol. The number of halogens is 4. The molecule has 1 fully saturated rings. The molecule has 4 N–H and O–H groups in total. The van der Waals surface area contributed by atoms with E-state index in [2.05, 4.69) is 10.6 Å². The van der Waals surface area contributed by atoms with Crippen LogP contribution in [0.5, 0.6) is 0 Å². The summed E-state index contributed by atoms with van der Waals surface area (Å²) in [6.07, 6.45) is -3.93. The molecule has 0 bridgehead atoms. The minimum absolute atomic E-state index is 0.137. The summed E-state index contributed by atoms with van der Waals surface area (Å²) in [5.41, 5.74) is -0.974. The quantitative estimate of drug-likeness (QED) is 0.299. The topological polar surface area (TPSA) is 81.6 Å². The third-order valence-electron chi connectivity index (χ3n) is 7.26. The summed E-state index contributed by atoms with van der Waals surface area (Å²) in [7, 11) is 0. The molecule has 3 unspecified atom stereocenters. The van der Waals surface area contributed by atoms with Crippen LogP contribution in [0.15, 0.2) is 42.5 Å². The van der Waals surface area contributed by atoms with E-state index in [1.165, 1.54) is 13.8 Å². The Balaban J connectivity index is 1.93. The molecule has 204 valence electrons. The van der Waals surface area contributed by atoms with Crippen molar-refractivity contribution < 1.29 is 32.6 Å². The number of aliphatic hydroxyl groups excluding tert-OH is 1. The summed E-state index contributed by atoms with van der Waals surface area (Å²) >= 11 is 0. The summed E-state index contributed by atoms with van der Waals surface area (Å²) in [4.78, 5) is 11.6. The highest BCUT2D eigenvalue weighted by atomic mass is 19.3. The van der Waals surface area contributed by atoms with Crippen molar-refractivity contribution in [2.45, 2.75) is 89.4 Å². The Labute approximate surface area is 215 Å². The number of alkyl halides is 2. The second-order valence-electron chi connectivity index (χ2n) is 11.7. The SMILES string of the molecule is CC(C)(C)C(NC1(c2cccc(C(C)(C)C(F)F)c2)CC1)C(O)C(Cc1cc(F)cc(F)c1)NC(=O)O. The van der Waals surface area contributed by atoms with Crippen LogP contribution in [0.2, 0.25) is 0 Å². The van der Waals surface area contributed by atoms with Crippen molar-refractivity contribution in [1.82, 2.24) is 10.6 Å². The molecule has 9 heteroatoms. The molecule has 3 rings (SSSR count). The fourth-order valence-electron chi connectivity index (χ4n) is 4.73. The van der Waals surface area contributed by atoms with Crippen molar-refractivity contribution in [3.8, 4) is 0 Å². The van der Waals surface area contributed by atoms with Crippen LogP contribution in [0.1, 0.15) is 64.2 Å². The molecule has 2 aromatic carbocycles. The Morgan fingerprint density at radius 1 is 1.03 bits per heavy atom. The lowest BCUT2D eigenvalue weighted by Gasteiger charge is -2.41. The molecule has 1 aliphatic rings. The largest absolute Gasteiger partial charge is 0.465 e. The highest BCUT2D eigenvalue weighted by Gasteiger charge is 2.50. The van der Waals surface area contributed by atoms with Gasteiger partial charge in [-0.05, 0) is 53.5 Å². The molecule has 1 saturated carbocycles. The smallest absolute Gasteiger partial charge is 0.404 e. The number of benzene rings is 2. The number of carbonyl (C=O) groups is 1. The Morgan fingerprint density at radius 2 is 1.62 bits per heavy atom. The van der Waals surface area contributed by atoms with Crippen LogP contribution in [0.4, 0.5) is 22.4 Å². The van der Waals surface area contributed by atoms with E-state index in [0.717, 1.165) is 23.8 Å². The van der Waals surface area contributed by atoms with Crippen LogP contribution in [-0.2, 0) is 17.4 Å². The van der Waals surface area contributed by atoms with E-state index in [-0.39, 0.29) is 12.0 Å². The maximum atomic E-state index is 13.8. The highest BCUT2D eigenvalue weighted by molar-refractivity contribution is 5.65. The van der Waals surface area contributed by atoms with E-state index < -0.39 is 58.7 Å². The number of nitrogens with one attached hydrogen (secondary N) is 2. The molecule has 0 heterocycles. The predicted molar refractivity (Wildman–Crippen MR) is 134 cm³/mol. The maximum Gasteiger partial charge on any atom is 0.404 e. The lowest BCUT2D eigenvalue weighted by molar-refractivity contribution is 0.0323. The molecule has 0 saturated heterocycles. The van der Waals surface area contributed by atoms with Gasteiger partial charge in [0.25, 0.3) is 0 Å². The van der Waals surface area contributed by atoms with Gasteiger partial charge in [0.1, 0.15) is 11.6 Å². The van der Waals surface area contributed by atoms with Crippen molar-refractivity contribution >= 4 is 6.09 Å². The number of hydrogen-bond acceptors (Lipinski definition) is 3. The van der Waals surface area contributed by atoms with Crippen molar-refractivity contribution in [2.24, 2.45) is 5.41 Å².